The number of amides is 1. The largest absolute Gasteiger partial charge is 0.355 e. The molecule has 0 spiro atoms. The second-order valence-electron chi connectivity index (χ2n) is 9.77. The van der Waals surface area contributed by atoms with Crippen molar-refractivity contribution >= 4 is 33.7 Å². The van der Waals surface area contributed by atoms with Gasteiger partial charge in [0.05, 0.1) is 0 Å². The van der Waals surface area contributed by atoms with Gasteiger partial charge in [0.1, 0.15) is 17.3 Å². The maximum absolute atomic E-state index is 14.0. The lowest BCUT2D eigenvalue weighted by Gasteiger charge is -2.34. The molecule has 2 aliphatic heterocycles. The number of halogens is 2. The highest BCUT2D eigenvalue weighted by molar-refractivity contribution is 7.89. The first-order valence-corrected chi connectivity index (χ1v) is 14.3. The lowest BCUT2D eigenvalue weighted by atomic mass is 9.94. The van der Waals surface area contributed by atoms with Gasteiger partial charge in [0.25, 0.3) is 0 Å². The molecule has 0 aliphatic carbocycles. The third-order valence-electron chi connectivity index (χ3n) is 7.28. The molecule has 5 rings (SSSR count). The molecule has 0 radical (unpaired) electrons. The van der Waals surface area contributed by atoms with Crippen LogP contribution in [0.3, 0.4) is 0 Å². The monoisotopic (exact) mass is 553 g/mol. The number of carbonyl (C=O) groups is 1. The van der Waals surface area contributed by atoms with Crippen molar-refractivity contribution in [2.24, 2.45) is 5.92 Å². The second-order valence-corrected chi connectivity index (χ2v) is 11.6. The van der Waals surface area contributed by atoms with Gasteiger partial charge in [-0.25, -0.2) is 17.2 Å². The van der Waals surface area contributed by atoms with Gasteiger partial charge in [-0.3, -0.25) is 4.79 Å². The third-order valence-corrected chi connectivity index (χ3v) is 9.33. The van der Waals surface area contributed by atoms with E-state index in [0.717, 1.165) is 18.6 Å². The van der Waals surface area contributed by atoms with Gasteiger partial charge in [0.15, 0.2) is 10.7 Å². The van der Waals surface area contributed by atoms with Crippen LogP contribution in [0.2, 0.25) is 0 Å². The molecule has 1 aromatic heterocycles. The highest BCUT2D eigenvalue weighted by Gasteiger charge is 2.37. The van der Waals surface area contributed by atoms with Gasteiger partial charge in [0.2, 0.25) is 15.9 Å². The smallest absolute Gasteiger partial charge is 0.248 e. The molecule has 3 aromatic rings. The molecule has 204 valence electrons. The molecule has 0 N–H and O–H groups in total. The van der Waals surface area contributed by atoms with E-state index in [4.69, 9.17) is 4.52 Å². The highest BCUT2D eigenvalue weighted by Crippen LogP contribution is 2.31. The SMILES string of the molecule is Cc1noc(C=Cc2ccc(F)cc2F)c1S(=O)(=O)N1CCC(C(=O)N2CC=C(c3ccccc3)CC2)CC1. The molecule has 7 nitrogen and oxygen atoms in total. The normalized spacial score (nSPS) is 17.5. The van der Waals surface area contributed by atoms with Crippen LogP contribution in [0.15, 0.2) is 64.0 Å². The first-order valence-electron chi connectivity index (χ1n) is 12.9. The summed E-state index contributed by atoms with van der Waals surface area (Å²) >= 11 is 0. The third kappa shape index (κ3) is 5.72. The van der Waals surface area contributed by atoms with Gasteiger partial charge in [-0.2, -0.15) is 4.31 Å². The lowest BCUT2D eigenvalue weighted by Crippen LogP contribution is -2.45. The fourth-order valence-electron chi connectivity index (χ4n) is 5.12. The van der Waals surface area contributed by atoms with Crippen LogP contribution in [-0.2, 0) is 14.8 Å². The van der Waals surface area contributed by atoms with Gasteiger partial charge < -0.3 is 9.42 Å². The van der Waals surface area contributed by atoms with Crippen LogP contribution in [0, 0.1) is 24.5 Å². The molecule has 1 saturated heterocycles. The van der Waals surface area contributed by atoms with Crippen molar-refractivity contribution in [2.75, 3.05) is 26.2 Å². The average Bonchev–Trinajstić information content (AvgIpc) is 3.33. The molecule has 1 amide bonds. The number of sulfonamides is 1. The number of hydrogen-bond donors (Lipinski definition) is 0. The maximum Gasteiger partial charge on any atom is 0.248 e. The summed E-state index contributed by atoms with van der Waals surface area (Å²) in [5.74, 6) is -1.71. The Morgan fingerprint density at radius 3 is 2.46 bits per heavy atom. The molecular formula is C29H29F2N3O4S. The molecule has 10 heteroatoms. The Bertz CT molecular complexity index is 1530. The van der Waals surface area contributed by atoms with Gasteiger partial charge in [-0.1, -0.05) is 41.6 Å². The van der Waals surface area contributed by atoms with E-state index in [1.165, 1.54) is 40.6 Å². The Balaban J connectivity index is 1.24. The molecule has 39 heavy (non-hydrogen) atoms. The standard InChI is InChI=1S/C29H29F2N3O4S/c1-20-28(27(38-32-20)10-8-23-7-9-25(30)19-26(23)31)39(36,37)34-17-13-24(14-18-34)29(35)33-15-11-22(12-16-33)21-5-3-2-4-6-21/h2-11,19,24H,12-18H2,1H3. The first-order chi connectivity index (χ1) is 18.7. The predicted molar refractivity (Wildman–Crippen MR) is 144 cm³/mol. The van der Waals surface area contributed by atoms with Crippen molar-refractivity contribution < 1.29 is 26.5 Å². The van der Waals surface area contributed by atoms with E-state index in [0.29, 0.717) is 25.9 Å². The van der Waals surface area contributed by atoms with E-state index in [1.54, 1.807) is 0 Å². The summed E-state index contributed by atoms with van der Waals surface area (Å²) in [6.45, 7) is 3.10. The van der Waals surface area contributed by atoms with E-state index in [9.17, 15) is 22.0 Å². The number of aromatic nitrogens is 1. The van der Waals surface area contributed by atoms with E-state index < -0.39 is 21.7 Å². The molecule has 2 aromatic carbocycles. The fourth-order valence-corrected chi connectivity index (χ4v) is 6.83. The summed E-state index contributed by atoms with van der Waals surface area (Å²) in [6.07, 6.45) is 6.34. The van der Waals surface area contributed by atoms with Gasteiger partial charge >= 0.3 is 0 Å². The predicted octanol–water partition coefficient (Wildman–Crippen LogP) is 5.15. The summed E-state index contributed by atoms with van der Waals surface area (Å²) < 4.78 is 60.8. The molecule has 0 atom stereocenters. The molecule has 1 fully saturated rings. The number of hydrogen-bond acceptors (Lipinski definition) is 5. The molecule has 3 heterocycles. The first kappa shape index (κ1) is 27.0. The van der Waals surface area contributed by atoms with Crippen molar-refractivity contribution in [3.8, 4) is 0 Å². The molecule has 0 bridgehead atoms. The quantitative estimate of drug-likeness (QED) is 0.422. The summed E-state index contributed by atoms with van der Waals surface area (Å²) in [6, 6.07) is 13.2. The number of rotatable bonds is 6. The Morgan fingerprint density at radius 1 is 1.05 bits per heavy atom. The summed E-state index contributed by atoms with van der Waals surface area (Å²) in [7, 11) is -3.98. The van der Waals surface area contributed by atoms with Crippen molar-refractivity contribution in [2.45, 2.75) is 31.1 Å². The van der Waals surface area contributed by atoms with Crippen molar-refractivity contribution in [1.29, 1.82) is 0 Å². The van der Waals surface area contributed by atoms with Gasteiger partial charge in [0, 0.05) is 43.7 Å². The van der Waals surface area contributed by atoms with Crippen molar-refractivity contribution in [3.63, 3.8) is 0 Å². The molecular weight excluding hydrogens is 524 g/mol. The minimum absolute atomic E-state index is 0.0382. The maximum atomic E-state index is 14.0. The van der Waals surface area contributed by atoms with Crippen molar-refractivity contribution in [1.82, 2.24) is 14.4 Å². The lowest BCUT2D eigenvalue weighted by molar-refractivity contribution is -0.136. The van der Waals surface area contributed by atoms with Crippen LogP contribution in [0.25, 0.3) is 17.7 Å². The average molecular weight is 554 g/mol. The van der Waals surface area contributed by atoms with E-state index in [-0.39, 0.29) is 46.8 Å². The van der Waals surface area contributed by atoms with Crippen LogP contribution in [0.1, 0.15) is 41.8 Å². The van der Waals surface area contributed by atoms with Crippen LogP contribution in [0.5, 0.6) is 0 Å². The zero-order valence-electron chi connectivity index (χ0n) is 21.5. The summed E-state index contributed by atoms with van der Waals surface area (Å²) in [5.41, 5.74) is 2.67. The van der Waals surface area contributed by atoms with Gasteiger partial charge in [-0.05, 0) is 61.6 Å². The van der Waals surface area contributed by atoms with E-state index in [1.807, 2.05) is 23.1 Å². The highest BCUT2D eigenvalue weighted by atomic mass is 32.2. The second kappa shape index (κ2) is 11.2. The summed E-state index contributed by atoms with van der Waals surface area (Å²) in [4.78, 5) is 15.0. The fraction of sp³-hybridized carbons (Fsp3) is 0.310. The Morgan fingerprint density at radius 2 is 1.79 bits per heavy atom. The number of carbonyl (C=O) groups excluding carboxylic acids is 1. The number of piperidine rings is 1. The number of aryl methyl sites for hydroxylation is 1. The van der Waals surface area contributed by atoms with Crippen LogP contribution >= 0.6 is 0 Å². The Labute approximate surface area is 226 Å². The van der Waals surface area contributed by atoms with Crippen LogP contribution in [-0.4, -0.2) is 54.9 Å². The van der Waals surface area contributed by atoms with E-state index >= 15 is 0 Å². The number of benzene rings is 2. The Hall–Kier alpha value is -3.63. The van der Waals surface area contributed by atoms with Gasteiger partial charge in [-0.15, -0.1) is 0 Å². The zero-order chi connectivity index (χ0) is 27.6. The van der Waals surface area contributed by atoms with Crippen LogP contribution < -0.4 is 0 Å². The minimum Gasteiger partial charge on any atom is -0.355 e. The van der Waals surface area contributed by atoms with E-state index in [2.05, 4.69) is 23.4 Å². The minimum atomic E-state index is -3.98. The topological polar surface area (TPSA) is 83.7 Å². The summed E-state index contributed by atoms with van der Waals surface area (Å²) in [5, 5.41) is 3.81. The zero-order valence-corrected chi connectivity index (χ0v) is 22.3. The number of nitrogens with zero attached hydrogens (tertiary/aromatic N) is 3. The van der Waals surface area contributed by atoms with Crippen molar-refractivity contribution in [3.05, 3.63) is 88.8 Å². The molecule has 0 unspecified atom stereocenters. The molecule has 2 aliphatic rings. The Kier molecular flexibility index (Phi) is 7.76. The molecule has 0 saturated carbocycles. The van der Waals surface area contributed by atoms with Crippen LogP contribution in [0.4, 0.5) is 8.78 Å².